The Hall–Kier alpha value is -7.56. The second-order valence-electron chi connectivity index (χ2n) is 14.4. The molecule has 4 nitrogen and oxygen atoms in total. The third-order valence-corrected chi connectivity index (χ3v) is 11.2. The number of hydrogen-bond donors (Lipinski definition) is 0. The molecule has 0 spiro atoms. The van der Waals surface area contributed by atoms with Crippen molar-refractivity contribution >= 4 is 93.5 Å². The van der Waals surface area contributed by atoms with Gasteiger partial charge >= 0.3 is 0 Å². The van der Waals surface area contributed by atoms with Crippen LogP contribution in [0.25, 0.3) is 98.8 Å². The Morgan fingerprint density at radius 2 is 0.786 bits per heavy atom. The topological polar surface area (TPSA) is 42.7 Å². The van der Waals surface area contributed by atoms with Crippen LogP contribution in [-0.4, -0.2) is 0 Å². The zero-order chi connectivity index (χ0) is 36.7. The molecule has 0 aliphatic heterocycles. The van der Waals surface area contributed by atoms with Crippen LogP contribution in [0.1, 0.15) is 0 Å². The van der Waals surface area contributed by atoms with Gasteiger partial charge in [-0.15, -0.1) is 0 Å². The van der Waals surface area contributed by atoms with E-state index in [1.807, 2.05) is 24.3 Å². The highest BCUT2D eigenvalue weighted by molar-refractivity contribution is 6.28. The Morgan fingerprint density at radius 1 is 0.304 bits per heavy atom. The summed E-state index contributed by atoms with van der Waals surface area (Å²) >= 11 is 0. The van der Waals surface area contributed by atoms with Crippen LogP contribution in [0, 0.1) is 0 Å². The van der Waals surface area contributed by atoms with Crippen molar-refractivity contribution in [2.75, 3.05) is 4.90 Å². The molecule has 12 rings (SSSR count). The van der Waals surface area contributed by atoms with Crippen LogP contribution in [-0.2, 0) is 0 Å². The van der Waals surface area contributed by atoms with E-state index < -0.39 is 0 Å². The highest BCUT2D eigenvalue weighted by Crippen LogP contribution is 2.48. The van der Waals surface area contributed by atoms with Crippen LogP contribution in [0.15, 0.2) is 201 Å². The van der Waals surface area contributed by atoms with Crippen molar-refractivity contribution in [1.82, 2.24) is 0 Å². The van der Waals surface area contributed by atoms with E-state index in [1.165, 1.54) is 16.2 Å². The molecule has 0 aliphatic rings. The summed E-state index contributed by atoms with van der Waals surface area (Å²) in [5, 5.41) is 10.1. The highest BCUT2D eigenvalue weighted by Gasteiger charge is 2.24. The van der Waals surface area contributed by atoms with Crippen molar-refractivity contribution < 1.29 is 13.3 Å². The van der Waals surface area contributed by atoms with Crippen molar-refractivity contribution in [1.29, 1.82) is 0 Å². The van der Waals surface area contributed by atoms with Gasteiger partial charge in [0.15, 0.2) is 0 Å². The van der Waals surface area contributed by atoms with Crippen LogP contribution in [0.4, 0.5) is 17.1 Å². The normalized spacial score (nSPS) is 11.9. The molecule has 3 aromatic heterocycles. The molecular formula is C52H31NO3. The van der Waals surface area contributed by atoms with Gasteiger partial charge in [-0.3, -0.25) is 0 Å². The van der Waals surface area contributed by atoms with Crippen molar-refractivity contribution in [3.63, 3.8) is 0 Å². The number of furan rings is 3. The molecule has 0 N–H and O–H groups in total. The van der Waals surface area contributed by atoms with Crippen LogP contribution < -0.4 is 4.90 Å². The quantitative estimate of drug-likeness (QED) is 0.166. The lowest BCUT2D eigenvalue weighted by molar-refractivity contribution is 0.636. The maximum atomic E-state index is 7.14. The zero-order valence-corrected chi connectivity index (χ0v) is 30.1. The van der Waals surface area contributed by atoms with Gasteiger partial charge in [0.1, 0.15) is 33.7 Å². The summed E-state index contributed by atoms with van der Waals surface area (Å²) in [6, 6.07) is 65.9. The number of nitrogens with zero attached hydrogens (tertiary/aromatic N) is 1. The Morgan fingerprint density at radius 3 is 1.43 bits per heavy atom. The van der Waals surface area contributed by atoms with Gasteiger partial charge in [0.2, 0.25) is 0 Å². The number of fused-ring (bicyclic) bond motifs is 12. The van der Waals surface area contributed by atoms with E-state index in [1.54, 1.807) is 0 Å². The van der Waals surface area contributed by atoms with Gasteiger partial charge in [0.25, 0.3) is 0 Å². The average Bonchev–Trinajstić information content (AvgIpc) is 3.96. The molecule has 262 valence electrons. The Labute approximate surface area is 321 Å². The molecule has 0 saturated heterocycles. The number of anilines is 3. The molecule has 12 aromatic rings. The summed E-state index contributed by atoms with van der Waals surface area (Å²) in [4.78, 5) is 2.28. The minimum absolute atomic E-state index is 0.829. The van der Waals surface area contributed by atoms with E-state index >= 15 is 0 Å². The van der Waals surface area contributed by atoms with Gasteiger partial charge < -0.3 is 18.2 Å². The van der Waals surface area contributed by atoms with E-state index in [2.05, 4.69) is 169 Å². The summed E-state index contributed by atoms with van der Waals surface area (Å²) in [6.07, 6.45) is 0. The summed E-state index contributed by atoms with van der Waals surface area (Å²) in [6.45, 7) is 0. The molecule has 56 heavy (non-hydrogen) atoms. The third-order valence-electron chi connectivity index (χ3n) is 11.2. The Balaban J connectivity index is 1.11. The lowest BCUT2D eigenvalue weighted by atomic mass is 9.92. The largest absolute Gasteiger partial charge is 0.456 e. The number of para-hydroxylation sites is 2. The van der Waals surface area contributed by atoms with Crippen LogP contribution >= 0.6 is 0 Å². The maximum absolute atomic E-state index is 7.14. The molecule has 4 heteroatoms. The predicted octanol–water partition coefficient (Wildman–Crippen LogP) is 15.3. The highest BCUT2D eigenvalue weighted by atomic mass is 16.3. The number of rotatable bonds is 5. The molecular weight excluding hydrogens is 687 g/mol. The molecule has 0 radical (unpaired) electrons. The van der Waals surface area contributed by atoms with Crippen LogP contribution in [0.5, 0.6) is 0 Å². The number of benzene rings is 9. The monoisotopic (exact) mass is 717 g/mol. The van der Waals surface area contributed by atoms with E-state index in [4.69, 9.17) is 13.3 Å². The van der Waals surface area contributed by atoms with Crippen molar-refractivity contribution in [2.45, 2.75) is 0 Å². The fourth-order valence-corrected chi connectivity index (χ4v) is 8.75. The standard InChI is InChI=1S/C52H31NO3/c1-2-13-32(14-3-1)49-50-43-21-6-4-17-37(43)38-18-5-7-22-44(38)52(50)56-51(49)33-15-12-16-34(29-33)53(35-25-27-41-39-19-8-10-23-45(39)54-47(41)30-35)36-26-28-42-40-20-9-11-24-46(40)55-48(42)31-36/h1-31H. The van der Waals surface area contributed by atoms with Gasteiger partial charge in [-0.1, -0.05) is 127 Å². The van der Waals surface area contributed by atoms with E-state index in [0.717, 1.165) is 99.7 Å². The summed E-state index contributed by atoms with van der Waals surface area (Å²) in [5.74, 6) is 0.829. The van der Waals surface area contributed by atoms with Gasteiger partial charge in [-0.25, -0.2) is 0 Å². The molecule has 0 saturated carbocycles. The minimum Gasteiger partial charge on any atom is -0.456 e. The SMILES string of the molecule is c1ccc(-c2c(-c3cccc(N(c4ccc5c(c4)oc4ccccc45)c4ccc5c(c4)oc4ccccc45)c3)oc3c4ccccc4c4ccccc4c23)cc1. The minimum atomic E-state index is 0.829. The first-order valence-electron chi connectivity index (χ1n) is 18.9. The predicted molar refractivity (Wildman–Crippen MR) is 231 cm³/mol. The Bertz CT molecular complexity index is 3380. The van der Waals surface area contributed by atoms with Gasteiger partial charge in [0.05, 0.1) is 0 Å². The first-order chi connectivity index (χ1) is 27.8. The summed E-state index contributed by atoms with van der Waals surface area (Å²) in [5.41, 5.74) is 10.4. The average molecular weight is 718 g/mol. The zero-order valence-electron chi connectivity index (χ0n) is 30.1. The van der Waals surface area contributed by atoms with E-state index in [0.29, 0.717) is 0 Å². The fourth-order valence-electron chi connectivity index (χ4n) is 8.75. The molecule has 0 amide bonds. The molecule has 9 aromatic carbocycles. The number of hydrogen-bond acceptors (Lipinski definition) is 4. The van der Waals surface area contributed by atoms with Crippen LogP contribution in [0.2, 0.25) is 0 Å². The van der Waals surface area contributed by atoms with Crippen molar-refractivity contribution in [3.05, 3.63) is 188 Å². The molecule has 0 unspecified atom stereocenters. The first kappa shape index (κ1) is 30.9. The van der Waals surface area contributed by atoms with Gasteiger partial charge in [-0.05, 0) is 70.3 Å². The Kier molecular flexibility index (Phi) is 6.60. The fraction of sp³-hybridized carbons (Fsp3) is 0. The third kappa shape index (κ3) is 4.60. The van der Waals surface area contributed by atoms with Crippen molar-refractivity contribution in [3.8, 4) is 22.5 Å². The lowest BCUT2D eigenvalue weighted by Gasteiger charge is -2.26. The first-order valence-corrected chi connectivity index (χ1v) is 18.9. The van der Waals surface area contributed by atoms with Crippen LogP contribution in [0.3, 0.4) is 0 Å². The molecule has 3 heterocycles. The molecule has 0 bridgehead atoms. The molecule has 0 atom stereocenters. The van der Waals surface area contributed by atoms with Gasteiger partial charge in [-0.2, -0.15) is 0 Å². The van der Waals surface area contributed by atoms with Crippen molar-refractivity contribution in [2.24, 2.45) is 0 Å². The van der Waals surface area contributed by atoms with E-state index in [-0.39, 0.29) is 0 Å². The van der Waals surface area contributed by atoms with Gasteiger partial charge in [0, 0.05) is 72.6 Å². The summed E-state index contributed by atoms with van der Waals surface area (Å²) in [7, 11) is 0. The second-order valence-corrected chi connectivity index (χ2v) is 14.4. The maximum Gasteiger partial charge on any atom is 0.143 e. The summed E-state index contributed by atoms with van der Waals surface area (Å²) < 4.78 is 20.0. The van der Waals surface area contributed by atoms with E-state index in [9.17, 15) is 0 Å². The second kappa shape index (κ2) is 12.0. The smallest absolute Gasteiger partial charge is 0.143 e. The molecule has 0 fully saturated rings. The lowest BCUT2D eigenvalue weighted by Crippen LogP contribution is -2.09. The molecule has 0 aliphatic carbocycles.